The molecule has 0 fully saturated rings. The number of para-hydroxylation sites is 10. The van der Waals surface area contributed by atoms with Crippen LogP contribution in [0.25, 0.3) is 305 Å². The average Bonchev–Trinajstić information content (AvgIpc) is 1.52. The van der Waals surface area contributed by atoms with Gasteiger partial charge >= 0.3 is 0 Å². The fourth-order valence-electron chi connectivity index (χ4n) is 23.9. The zero-order chi connectivity index (χ0) is 91.7. The van der Waals surface area contributed by atoms with Gasteiger partial charge in [0.25, 0.3) is 0 Å². The van der Waals surface area contributed by atoms with Crippen molar-refractivity contribution in [1.82, 2.24) is 56.8 Å². The predicted molar refractivity (Wildman–Crippen MR) is 588 cm³/mol. The van der Waals surface area contributed by atoms with Crippen LogP contribution in [-0.4, -0.2) is 56.8 Å². The van der Waals surface area contributed by atoms with Crippen molar-refractivity contribution in [2.24, 2.45) is 0 Å². The van der Waals surface area contributed by atoms with E-state index in [0.29, 0.717) is 23.6 Å². The van der Waals surface area contributed by atoms with Gasteiger partial charge in [-0.1, -0.05) is 334 Å². The monoisotopic (exact) mass is 1830 g/mol. The maximum absolute atomic E-state index is 6.42. The standard InChI is InChI=1S/C46H26N4S.C40H22N4O.C40H22N4S/c1-2-12-27(13-3-1)28-22-24-29(25-23-28)43-42-33-17-7-11-21-39(33)51-45(42)48-46(47-43)50-37-20-10-5-15-31(37)40-38(50)26-34-30-14-4-8-18-35(30)49-36-19-9-6-16-32(36)41(40)44(34)49;2*1-2-12-23(13-3-1)37-36-27-17-7-11-21-33(27)45-39(36)42-40(41-37)44-31-20-10-5-15-25(31)34-32(44)22-28-24-14-4-8-18-29(24)43-30-19-9-6-16-26(30)35(34)38(28)43/h1-26H;2*1-22H. The Kier molecular flexibility index (Phi) is 15.8. The van der Waals surface area contributed by atoms with Crippen molar-refractivity contribution in [3.63, 3.8) is 0 Å². The number of rotatable bonds is 7. The van der Waals surface area contributed by atoms with Crippen LogP contribution in [0.1, 0.15) is 0 Å². The van der Waals surface area contributed by atoms with Gasteiger partial charge in [0, 0.05) is 150 Å². The van der Waals surface area contributed by atoms with Gasteiger partial charge in [-0.25, -0.2) is 24.9 Å². The third-order valence-corrected chi connectivity index (χ3v) is 31.8. The highest BCUT2D eigenvalue weighted by Crippen LogP contribution is 2.53. The van der Waals surface area contributed by atoms with E-state index in [4.69, 9.17) is 34.3 Å². The lowest BCUT2D eigenvalue weighted by Gasteiger charge is -2.11. The zero-order valence-corrected chi connectivity index (χ0v) is 76.6. The van der Waals surface area contributed by atoms with Gasteiger partial charge in [0.05, 0.1) is 105 Å². The largest absolute Gasteiger partial charge is 0.437 e. The summed E-state index contributed by atoms with van der Waals surface area (Å²) in [5, 5.41) is 28.9. The van der Waals surface area contributed by atoms with Crippen LogP contribution >= 0.6 is 22.7 Å². The Balaban J connectivity index is 0.0000000956. The fourth-order valence-corrected chi connectivity index (χ4v) is 26.1. The quantitative estimate of drug-likeness (QED) is 0.156. The highest BCUT2D eigenvalue weighted by molar-refractivity contribution is 7.26. The van der Waals surface area contributed by atoms with Crippen molar-refractivity contribution < 1.29 is 4.42 Å². The molecule has 15 heteroatoms. The van der Waals surface area contributed by atoms with Crippen molar-refractivity contribution in [1.29, 1.82) is 0 Å². The fraction of sp³-hybridized carbons (Fsp3) is 0. The lowest BCUT2D eigenvalue weighted by Crippen LogP contribution is -2.02. The molecule has 141 heavy (non-hydrogen) atoms. The molecule has 15 aromatic heterocycles. The van der Waals surface area contributed by atoms with Crippen molar-refractivity contribution >= 4 is 265 Å². The molecule has 0 radical (unpaired) electrons. The molecule has 34 rings (SSSR count). The molecule has 34 aromatic rings. The minimum Gasteiger partial charge on any atom is -0.437 e. The number of thiophene rings is 2. The van der Waals surface area contributed by atoms with Gasteiger partial charge in [0.1, 0.15) is 15.2 Å². The van der Waals surface area contributed by atoms with Crippen LogP contribution in [0.2, 0.25) is 0 Å². The summed E-state index contributed by atoms with van der Waals surface area (Å²) < 4.78 is 23.0. The smallest absolute Gasteiger partial charge is 0.238 e. The summed E-state index contributed by atoms with van der Waals surface area (Å²) in [7, 11) is 0. The van der Waals surface area contributed by atoms with Crippen molar-refractivity contribution in [2.45, 2.75) is 0 Å². The maximum atomic E-state index is 6.42. The number of fused-ring (bicyclic) bond motifs is 39. The summed E-state index contributed by atoms with van der Waals surface area (Å²) in [6.07, 6.45) is 0. The Morgan fingerprint density at radius 3 is 0.816 bits per heavy atom. The molecule has 0 aliphatic heterocycles. The molecule has 0 unspecified atom stereocenters. The van der Waals surface area contributed by atoms with Crippen LogP contribution in [0.4, 0.5) is 0 Å². The molecule has 0 amide bonds. The van der Waals surface area contributed by atoms with E-state index >= 15 is 0 Å². The first-order valence-corrected chi connectivity index (χ1v) is 49.3. The van der Waals surface area contributed by atoms with Crippen LogP contribution in [0.3, 0.4) is 0 Å². The van der Waals surface area contributed by atoms with Gasteiger partial charge in [0.2, 0.25) is 23.6 Å². The van der Waals surface area contributed by atoms with Gasteiger partial charge in [-0.15, -0.1) is 22.7 Å². The van der Waals surface area contributed by atoms with E-state index in [0.717, 1.165) is 104 Å². The highest BCUT2D eigenvalue weighted by atomic mass is 32.1. The number of hydrogen-bond donors (Lipinski definition) is 0. The summed E-state index contributed by atoms with van der Waals surface area (Å²) in [5.41, 5.74) is 27.5. The summed E-state index contributed by atoms with van der Waals surface area (Å²) in [6.45, 7) is 0. The molecule has 0 spiro atoms. The molecule has 0 atom stereocenters. The number of nitrogens with zero attached hydrogens (tertiary/aromatic N) is 12. The third-order valence-electron chi connectivity index (χ3n) is 29.7. The Hall–Kier alpha value is -18.5. The summed E-state index contributed by atoms with van der Waals surface area (Å²) in [5.74, 6) is 1.97. The second-order valence-electron chi connectivity index (χ2n) is 36.9. The number of hydrogen-bond acceptors (Lipinski definition) is 9. The van der Waals surface area contributed by atoms with Gasteiger partial charge in [0.15, 0.2) is 0 Å². The second-order valence-corrected chi connectivity index (χ2v) is 39.0. The van der Waals surface area contributed by atoms with E-state index < -0.39 is 0 Å². The lowest BCUT2D eigenvalue weighted by atomic mass is 10.0. The third kappa shape index (κ3) is 10.6. The minimum absolute atomic E-state index is 0.582. The first kappa shape index (κ1) is 76.7. The molecule has 0 N–H and O–H groups in total. The minimum atomic E-state index is 0.582. The van der Waals surface area contributed by atoms with E-state index in [-0.39, 0.29) is 0 Å². The van der Waals surface area contributed by atoms with Crippen molar-refractivity contribution in [3.8, 4) is 62.7 Å². The topological polar surface area (TPSA) is 119 Å². The number of furan rings is 1. The van der Waals surface area contributed by atoms with Crippen LogP contribution in [0.15, 0.2) is 429 Å². The Morgan fingerprint density at radius 1 is 0.177 bits per heavy atom. The molecule has 0 aliphatic carbocycles. The van der Waals surface area contributed by atoms with E-state index in [9.17, 15) is 0 Å². The maximum Gasteiger partial charge on any atom is 0.238 e. The molecule has 0 saturated carbocycles. The number of benzene rings is 19. The van der Waals surface area contributed by atoms with E-state index in [1.807, 2.05) is 24.3 Å². The molecule has 0 bridgehead atoms. The van der Waals surface area contributed by atoms with Gasteiger partial charge in [-0.05, 0) is 102 Å². The summed E-state index contributed by atoms with van der Waals surface area (Å²) in [4.78, 5) is 34.2. The SMILES string of the molecule is c1ccc(-c2ccc(-c3nc(-n4c5ccccc5c5c6c7ccccc7n7c8ccccc8c(cc54)c67)nc4sc5ccccc5c34)cc2)cc1.c1ccc(-c2nc(-n3c4ccccc4c4c5c6ccccc6n6c7ccccc7c(cc43)c56)nc3oc4ccccc4c23)cc1.c1ccc(-c2nc(-n3c4ccccc4c4c5c6ccccc6n6c7ccccc7c(cc43)c56)nc3sc4ccccc4c23)cc1. The zero-order valence-electron chi connectivity index (χ0n) is 75.0. The molecule has 15 heterocycles. The Labute approximate surface area is 807 Å². The highest BCUT2D eigenvalue weighted by Gasteiger charge is 2.32. The normalized spacial score (nSPS) is 12.4. The summed E-state index contributed by atoms with van der Waals surface area (Å²) >= 11 is 3.47. The Morgan fingerprint density at radius 2 is 0.440 bits per heavy atom. The second kappa shape index (κ2) is 29.0. The number of aromatic nitrogens is 12. The van der Waals surface area contributed by atoms with E-state index in [1.54, 1.807) is 22.7 Å². The van der Waals surface area contributed by atoms with Crippen LogP contribution < -0.4 is 0 Å². The van der Waals surface area contributed by atoms with Gasteiger partial charge in [-0.2, -0.15) is 4.98 Å². The van der Waals surface area contributed by atoms with Crippen molar-refractivity contribution in [2.75, 3.05) is 0 Å². The predicted octanol–water partition coefficient (Wildman–Crippen LogP) is 33.5. The molecule has 652 valence electrons. The van der Waals surface area contributed by atoms with E-state index in [2.05, 4.69) is 427 Å². The molecule has 0 saturated heterocycles. The van der Waals surface area contributed by atoms with Gasteiger partial charge < -0.3 is 17.6 Å². The Bertz CT molecular complexity index is 10900. The lowest BCUT2D eigenvalue weighted by molar-refractivity contribution is 0.651. The van der Waals surface area contributed by atoms with E-state index in [1.165, 1.54) is 178 Å². The molecule has 19 aromatic carbocycles. The molecule has 13 nitrogen and oxygen atoms in total. The molecule has 0 aliphatic rings. The molecular weight excluding hydrogens is 1760 g/mol. The average molecular weight is 1830 g/mol. The van der Waals surface area contributed by atoms with Crippen LogP contribution in [-0.2, 0) is 0 Å². The van der Waals surface area contributed by atoms with Gasteiger partial charge in [-0.3, -0.25) is 13.7 Å². The van der Waals surface area contributed by atoms with Crippen LogP contribution in [0.5, 0.6) is 0 Å². The van der Waals surface area contributed by atoms with Crippen molar-refractivity contribution in [3.05, 3.63) is 425 Å². The first-order chi connectivity index (χ1) is 70.0. The first-order valence-electron chi connectivity index (χ1n) is 47.6. The van der Waals surface area contributed by atoms with Crippen LogP contribution in [0, 0.1) is 0 Å². The molecular formula is C126H70N12OS2. The summed E-state index contributed by atoms with van der Waals surface area (Å²) in [6, 6.07) is 151.